The van der Waals surface area contributed by atoms with Crippen molar-refractivity contribution in [3.63, 3.8) is 0 Å². The van der Waals surface area contributed by atoms with Crippen LogP contribution in [0.25, 0.3) is 0 Å². The second-order valence-corrected chi connectivity index (χ2v) is 6.08. The third kappa shape index (κ3) is 2.59. The summed E-state index contributed by atoms with van der Waals surface area (Å²) in [6, 6.07) is 0. The summed E-state index contributed by atoms with van der Waals surface area (Å²) in [6.45, 7) is 1.15. The summed E-state index contributed by atoms with van der Waals surface area (Å²) in [7, 11) is -3.65. The van der Waals surface area contributed by atoms with Gasteiger partial charge in [0.05, 0.1) is 12.5 Å². The van der Waals surface area contributed by atoms with Gasteiger partial charge in [-0.1, -0.05) is 4.47 Å². The van der Waals surface area contributed by atoms with Crippen molar-refractivity contribution in [1.82, 2.24) is 8.77 Å². The molecule has 8 heteroatoms. The molecule has 0 aliphatic carbocycles. The average Bonchev–Trinajstić information content (AvgIpc) is 2.83. The van der Waals surface area contributed by atoms with Crippen molar-refractivity contribution in [2.45, 2.75) is 19.3 Å². The van der Waals surface area contributed by atoms with Gasteiger partial charge in [0, 0.05) is 19.6 Å². The van der Waals surface area contributed by atoms with Crippen LogP contribution in [-0.2, 0) is 19.8 Å². The Morgan fingerprint density at radius 1 is 1.29 bits per heavy atom. The van der Waals surface area contributed by atoms with Crippen molar-refractivity contribution >= 4 is 16.2 Å². The highest BCUT2D eigenvalue weighted by Gasteiger charge is 2.37. The van der Waals surface area contributed by atoms with E-state index in [1.807, 2.05) is 0 Å². The standard InChI is InChI=1S/C9H16N2O5S/c12-9(13)8-3-1-4-10(7-8)17(14,15)11-5-2-6-16-11/h8H,1-7H2,(H,12,13). The summed E-state index contributed by atoms with van der Waals surface area (Å²) in [5, 5.41) is 8.92. The van der Waals surface area contributed by atoms with E-state index in [-0.39, 0.29) is 6.54 Å². The third-order valence-electron chi connectivity index (χ3n) is 3.04. The largest absolute Gasteiger partial charge is 0.481 e. The molecule has 17 heavy (non-hydrogen) atoms. The van der Waals surface area contributed by atoms with Crippen molar-refractivity contribution < 1.29 is 23.2 Å². The Balaban J connectivity index is 2.08. The fourth-order valence-corrected chi connectivity index (χ4v) is 3.64. The normalized spacial score (nSPS) is 28.4. The Hall–Kier alpha value is -0.700. The van der Waals surface area contributed by atoms with Gasteiger partial charge in [-0.2, -0.15) is 12.7 Å². The van der Waals surface area contributed by atoms with Gasteiger partial charge in [0.25, 0.3) is 0 Å². The summed E-state index contributed by atoms with van der Waals surface area (Å²) in [5.41, 5.74) is 0. The van der Waals surface area contributed by atoms with Crippen molar-refractivity contribution in [1.29, 1.82) is 0 Å². The summed E-state index contributed by atoms with van der Waals surface area (Å²) in [6.07, 6.45) is 1.78. The maximum absolute atomic E-state index is 12.1. The zero-order valence-corrected chi connectivity index (χ0v) is 10.2. The lowest BCUT2D eigenvalue weighted by molar-refractivity contribution is -0.143. The number of carboxylic acids is 1. The SMILES string of the molecule is O=C(O)C1CCCN(S(=O)(=O)N2CCCO2)C1. The van der Waals surface area contributed by atoms with E-state index in [1.165, 1.54) is 4.31 Å². The number of nitrogens with zero attached hydrogens (tertiary/aromatic N) is 2. The molecule has 0 aromatic heterocycles. The predicted molar refractivity (Wildman–Crippen MR) is 58.1 cm³/mol. The van der Waals surface area contributed by atoms with Crippen molar-refractivity contribution in [2.24, 2.45) is 5.92 Å². The smallest absolute Gasteiger partial charge is 0.307 e. The Morgan fingerprint density at radius 3 is 2.65 bits per heavy atom. The maximum atomic E-state index is 12.1. The summed E-state index contributed by atoms with van der Waals surface area (Å²) >= 11 is 0. The fourth-order valence-electron chi connectivity index (χ4n) is 2.09. The van der Waals surface area contributed by atoms with Gasteiger partial charge in [-0.25, -0.2) is 0 Å². The number of aliphatic carboxylic acids is 1. The number of hydrogen-bond acceptors (Lipinski definition) is 4. The van der Waals surface area contributed by atoms with Crippen LogP contribution >= 0.6 is 0 Å². The lowest BCUT2D eigenvalue weighted by Crippen LogP contribution is -2.48. The van der Waals surface area contributed by atoms with Crippen LogP contribution in [0.2, 0.25) is 0 Å². The van der Waals surface area contributed by atoms with E-state index >= 15 is 0 Å². The van der Waals surface area contributed by atoms with Crippen LogP contribution in [0.1, 0.15) is 19.3 Å². The van der Waals surface area contributed by atoms with E-state index in [2.05, 4.69) is 0 Å². The molecule has 2 aliphatic rings. The van der Waals surface area contributed by atoms with E-state index in [9.17, 15) is 13.2 Å². The molecule has 1 N–H and O–H groups in total. The second-order valence-electron chi connectivity index (χ2n) is 4.26. The molecule has 1 unspecified atom stereocenters. The summed E-state index contributed by atoms with van der Waals surface area (Å²) in [4.78, 5) is 15.9. The van der Waals surface area contributed by atoms with Gasteiger partial charge >= 0.3 is 16.2 Å². The molecule has 98 valence electrons. The number of hydroxylamine groups is 1. The monoisotopic (exact) mass is 264 g/mol. The molecule has 0 bridgehead atoms. The molecule has 2 fully saturated rings. The van der Waals surface area contributed by atoms with Crippen LogP contribution < -0.4 is 0 Å². The molecule has 0 amide bonds. The first-order valence-corrected chi connectivity index (χ1v) is 7.05. The molecule has 0 aromatic carbocycles. The average molecular weight is 264 g/mol. The highest BCUT2D eigenvalue weighted by Crippen LogP contribution is 2.23. The molecule has 2 saturated heterocycles. The highest BCUT2D eigenvalue weighted by molar-refractivity contribution is 7.86. The zero-order chi connectivity index (χ0) is 12.5. The van der Waals surface area contributed by atoms with Crippen LogP contribution in [0, 0.1) is 5.92 Å². The lowest BCUT2D eigenvalue weighted by atomic mass is 10.0. The van der Waals surface area contributed by atoms with Crippen LogP contribution in [0.3, 0.4) is 0 Å². The lowest BCUT2D eigenvalue weighted by Gasteiger charge is -2.31. The van der Waals surface area contributed by atoms with Crippen LogP contribution in [-0.4, -0.2) is 54.5 Å². The molecule has 2 rings (SSSR count). The van der Waals surface area contributed by atoms with E-state index < -0.39 is 22.1 Å². The Bertz CT molecular complexity index is 390. The molecule has 0 aromatic rings. The van der Waals surface area contributed by atoms with Crippen LogP contribution in [0.5, 0.6) is 0 Å². The van der Waals surface area contributed by atoms with Crippen molar-refractivity contribution in [3.05, 3.63) is 0 Å². The highest BCUT2D eigenvalue weighted by atomic mass is 32.2. The number of carboxylic acid groups (broad SMARTS) is 1. The summed E-state index contributed by atoms with van der Waals surface area (Å²) in [5.74, 6) is -1.55. The second kappa shape index (κ2) is 4.89. The van der Waals surface area contributed by atoms with E-state index in [0.29, 0.717) is 39.0 Å². The van der Waals surface area contributed by atoms with Gasteiger partial charge in [-0.3, -0.25) is 9.63 Å². The maximum Gasteiger partial charge on any atom is 0.307 e. The molecular weight excluding hydrogens is 248 g/mol. The molecule has 0 radical (unpaired) electrons. The first kappa shape index (κ1) is 12.7. The van der Waals surface area contributed by atoms with Crippen LogP contribution in [0.15, 0.2) is 0 Å². The molecule has 0 saturated carbocycles. The summed E-state index contributed by atoms with van der Waals surface area (Å²) < 4.78 is 26.4. The molecule has 1 atom stereocenters. The van der Waals surface area contributed by atoms with Gasteiger partial charge in [-0.05, 0) is 19.3 Å². The molecule has 7 nitrogen and oxygen atoms in total. The van der Waals surface area contributed by atoms with Crippen LogP contribution in [0.4, 0.5) is 0 Å². The van der Waals surface area contributed by atoms with Gasteiger partial charge in [0.2, 0.25) is 0 Å². The van der Waals surface area contributed by atoms with Gasteiger partial charge in [0.1, 0.15) is 0 Å². The molecular formula is C9H16N2O5S. The number of hydrogen-bond donors (Lipinski definition) is 1. The number of rotatable bonds is 3. The van der Waals surface area contributed by atoms with E-state index in [0.717, 1.165) is 4.47 Å². The number of carbonyl (C=O) groups is 1. The Kier molecular flexibility index (Phi) is 3.67. The molecule has 2 heterocycles. The fraction of sp³-hybridized carbons (Fsp3) is 0.889. The zero-order valence-electron chi connectivity index (χ0n) is 9.41. The Morgan fingerprint density at radius 2 is 2.06 bits per heavy atom. The topological polar surface area (TPSA) is 87.2 Å². The quantitative estimate of drug-likeness (QED) is 0.754. The molecule has 2 aliphatic heterocycles. The van der Waals surface area contributed by atoms with E-state index in [1.54, 1.807) is 0 Å². The molecule has 0 spiro atoms. The van der Waals surface area contributed by atoms with Crippen molar-refractivity contribution in [3.8, 4) is 0 Å². The first-order chi connectivity index (χ1) is 8.01. The minimum absolute atomic E-state index is 0.0392. The number of piperidine rings is 1. The van der Waals surface area contributed by atoms with Gasteiger partial charge in [-0.15, -0.1) is 0 Å². The van der Waals surface area contributed by atoms with Gasteiger partial charge in [0.15, 0.2) is 0 Å². The third-order valence-corrected chi connectivity index (χ3v) is 4.82. The predicted octanol–water partition coefficient (Wildman–Crippen LogP) is -0.335. The first-order valence-electron chi connectivity index (χ1n) is 5.65. The van der Waals surface area contributed by atoms with E-state index in [4.69, 9.17) is 9.94 Å². The minimum Gasteiger partial charge on any atom is -0.481 e. The van der Waals surface area contributed by atoms with Crippen molar-refractivity contribution in [2.75, 3.05) is 26.2 Å². The minimum atomic E-state index is -3.65. The Labute approximate surface area is 100 Å². The van der Waals surface area contributed by atoms with Gasteiger partial charge < -0.3 is 5.11 Å².